The van der Waals surface area contributed by atoms with Crippen LogP contribution in [0.4, 0.5) is 5.95 Å². The van der Waals surface area contributed by atoms with Gasteiger partial charge in [0.2, 0.25) is 11.8 Å². The minimum atomic E-state index is 0.394. The first kappa shape index (κ1) is 17.4. The van der Waals surface area contributed by atoms with Gasteiger partial charge >= 0.3 is 0 Å². The fourth-order valence-electron chi connectivity index (χ4n) is 3.59. The number of methoxy groups -OCH3 is 1. The molecule has 1 aliphatic rings. The molecule has 1 fully saturated rings. The van der Waals surface area contributed by atoms with Crippen LogP contribution >= 0.6 is 0 Å². The second-order valence-corrected chi connectivity index (χ2v) is 6.58. The summed E-state index contributed by atoms with van der Waals surface area (Å²) in [5.74, 6) is 3.74. The Kier molecular flexibility index (Phi) is 4.99. The molecule has 0 unspecified atom stereocenters. The van der Waals surface area contributed by atoms with Crippen molar-refractivity contribution < 1.29 is 4.74 Å². The number of anilines is 1. The highest BCUT2D eigenvalue weighted by Crippen LogP contribution is 2.29. The zero-order valence-corrected chi connectivity index (χ0v) is 15.7. The van der Waals surface area contributed by atoms with Gasteiger partial charge in [0.25, 0.3) is 0 Å². The van der Waals surface area contributed by atoms with Crippen LogP contribution in [0, 0.1) is 0 Å². The maximum atomic E-state index is 5.21. The maximum absolute atomic E-state index is 5.21. The van der Waals surface area contributed by atoms with E-state index in [4.69, 9.17) is 4.74 Å². The van der Waals surface area contributed by atoms with Crippen molar-refractivity contribution in [1.82, 2.24) is 34.5 Å². The molecule has 27 heavy (non-hydrogen) atoms. The van der Waals surface area contributed by atoms with Crippen molar-refractivity contribution in [1.29, 1.82) is 0 Å². The normalized spacial score (nSPS) is 15.3. The van der Waals surface area contributed by atoms with Gasteiger partial charge in [-0.25, -0.2) is 4.98 Å². The Hall–Kier alpha value is -2.97. The summed E-state index contributed by atoms with van der Waals surface area (Å²) in [5, 5.41) is 13.2. The summed E-state index contributed by atoms with van der Waals surface area (Å²) in [4.78, 5) is 11.0. The van der Waals surface area contributed by atoms with Gasteiger partial charge < -0.3 is 14.2 Å². The molecule has 3 aromatic rings. The van der Waals surface area contributed by atoms with E-state index in [0.717, 1.165) is 50.1 Å². The average Bonchev–Trinajstić information content (AvgIpc) is 3.38. The number of hydrogen-bond donors (Lipinski definition) is 0. The Bertz CT molecular complexity index is 867. The largest absolute Gasteiger partial charge is 0.481 e. The molecular formula is C18H24N8O. The molecule has 9 heteroatoms. The molecule has 0 aromatic carbocycles. The van der Waals surface area contributed by atoms with Crippen molar-refractivity contribution in [3.63, 3.8) is 0 Å². The predicted octanol–water partition coefficient (Wildman–Crippen LogP) is 1.73. The van der Waals surface area contributed by atoms with Crippen molar-refractivity contribution in [2.75, 3.05) is 25.1 Å². The van der Waals surface area contributed by atoms with Crippen LogP contribution in [0.25, 0.3) is 0 Å². The summed E-state index contributed by atoms with van der Waals surface area (Å²) < 4.78 is 9.31. The number of nitrogens with zero attached hydrogens (tertiary/aromatic N) is 8. The van der Waals surface area contributed by atoms with E-state index in [1.807, 2.05) is 16.9 Å². The number of hydrogen-bond acceptors (Lipinski definition) is 7. The first-order chi connectivity index (χ1) is 13.3. The molecule has 4 heterocycles. The van der Waals surface area contributed by atoms with Crippen LogP contribution in [0.5, 0.6) is 5.88 Å². The average molecular weight is 368 g/mol. The number of piperidine rings is 1. The highest BCUT2D eigenvalue weighted by molar-refractivity contribution is 5.33. The van der Waals surface area contributed by atoms with Crippen LogP contribution in [-0.2, 0) is 13.1 Å². The van der Waals surface area contributed by atoms with E-state index in [9.17, 15) is 0 Å². The van der Waals surface area contributed by atoms with Crippen molar-refractivity contribution in [3.05, 3.63) is 42.4 Å². The van der Waals surface area contributed by atoms with Gasteiger partial charge in [0.05, 0.1) is 7.11 Å². The Morgan fingerprint density at radius 3 is 2.74 bits per heavy atom. The molecule has 0 amide bonds. The van der Waals surface area contributed by atoms with E-state index >= 15 is 0 Å². The lowest BCUT2D eigenvalue weighted by molar-refractivity contribution is 0.395. The maximum Gasteiger partial charge on any atom is 0.228 e. The molecule has 3 aromatic heterocycles. The zero-order chi connectivity index (χ0) is 18.6. The first-order valence-electron chi connectivity index (χ1n) is 9.30. The van der Waals surface area contributed by atoms with E-state index < -0.39 is 0 Å². The third-order valence-corrected chi connectivity index (χ3v) is 5.00. The van der Waals surface area contributed by atoms with Crippen LogP contribution in [0.3, 0.4) is 0 Å². The van der Waals surface area contributed by atoms with E-state index in [0.29, 0.717) is 18.3 Å². The third kappa shape index (κ3) is 3.62. The molecule has 0 spiro atoms. The molecule has 0 aliphatic carbocycles. The quantitative estimate of drug-likeness (QED) is 0.655. The van der Waals surface area contributed by atoms with Crippen LogP contribution in [0.1, 0.15) is 37.3 Å². The number of rotatable bonds is 6. The number of ether oxygens (including phenoxy) is 1. The Morgan fingerprint density at radius 2 is 2.04 bits per heavy atom. The Morgan fingerprint density at radius 1 is 1.19 bits per heavy atom. The second-order valence-electron chi connectivity index (χ2n) is 6.58. The summed E-state index contributed by atoms with van der Waals surface area (Å²) in [5.41, 5.74) is 0. The van der Waals surface area contributed by atoms with Crippen LogP contribution in [0.15, 0.2) is 30.7 Å². The molecule has 0 saturated carbocycles. The summed E-state index contributed by atoms with van der Waals surface area (Å²) in [6.45, 7) is 5.42. The van der Waals surface area contributed by atoms with Crippen LogP contribution in [0.2, 0.25) is 0 Å². The van der Waals surface area contributed by atoms with Gasteiger partial charge in [-0.15, -0.1) is 10.2 Å². The first-order valence-corrected chi connectivity index (χ1v) is 9.30. The van der Waals surface area contributed by atoms with E-state index in [1.54, 1.807) is 25.6 Å². The highest BCUT2D eigenvalue weighted by atomic mass is 16.5. The van der Waals surface area contributed by atoms with Gasteiger partial charge in [0, 0.05) is 50.2 Å². The Labute approximate surface area is 158 Å². The van der Waals surface area contributed by atoms with Gasteiger partial charge in [-0.3, -0.25) is 4.68 Å². The van der Waals surface area contributed by atoms with Gasteiger partial charge in [0.1, 0.15) is 12.4 Å². The molecule has 0 bridgehead atoms. The molecule has 9 nitrogen and oxygen atoms in total. The molecule has 1 saturated heterocycles. The van der Waals surface area contributed by atoms with Crippen LogP contribution < -0.4 is 9.64 Å². The lowest BCUT2D eigenvalue weighted by atomic mass is 9.96. The van der Waals surface area contributed by atoms with E-state index in [2.05, 4.69) is 41.7 Å². The standard InChI is InChI=1S/C18H24N8O/c1-3-26-15(13-25-10-4-8-20-25)22-23-17(26)14-6-11-24(12-7-14)18-19-9-5-16(21-18)27-2/h4-5,8-10,14H,3,6-7,11-13H2,1-2H3. The SMILES string of the molecule is CCn1c(Cn2cccn2)nnc1C1CCN(c2nccc(OC)n2)CC1. The van der Waals surface area contributed by atoms with Crippen molar-refractivity contribution in [3.8, 4) is 5.88 Å². The molecule has 0 N–H and O–H groups in total. The Balaban J connectivity index is 1.45. The zero-order valence-electron chi connectivity index (χ0n) is 15.7. The summed E-state index contributed by atoms with van der Waals surface area (Å²) in [6.07, 6.45) is 7.47. The van der Waals surface area contributed by atoms with Crippen molar-refractivity contribution >= 4 is 5.95 Å². The van der Waals surface area contributed by atoms with Gasteiger partial charge in [-0.05, 0) is 25.8 Å². The summed E-state index contributed by atoms with van der Waals surface area (Å²) in [6, 6.07) is 3.69. The number of aromatic nitrogens is 7. The topological polar surface area (TPSA) is 86.8 Å². The molecule has 142 valence electrons. The summed E-state index contributed by atoms with van der Waals surface area (Å²) in [7, 11) is 1.62. The molecular weight excluding hydrogens is 344 g/mol. The molecule has 1 aliphatic heterocycles. The van der Waals surface area contributed by atoms with E-state index in [1.165, 1.54) is 0 Å². The lowest BCUT2D eigenvalue weighted by Crippen LogP contribution is -2.35. The lowest BCUT2D eigenvalue weighted by Gasteiger charge is -2.31. The second kappa shape index (κ2) is 7.73. The smallest absolute Gasteiger partial charge is 0.228 e. The molecule has 0 radical (unpaired) electrons. The fourth-order valence-corrected chi connectivity index (χ4v) is 3.59. The monoisotopic (exact) mass is 368 g/mol. The highest BCUT2D eigenvalue weighted by Gasteiger charge is 2.27. The summed E-state index contributed by atoms with van der Waals surface area (Å²) >= 11 is 0. The van der Waals surface area contributed by atoms with E-state index in [-0.39, 0.29) is 0 Å². The van der Waals surface area contributed by atoms with Gasteiger partial charge in [-0.1, -0.05) is 0 Å². The van der Waals surface area contributed by atoms with Crippen LogP contribution in [-0.4, -0.2) is 54.7 Å². The molecule has 4 rings (SSSR count). The fraction of sp³-hybridized carbons (Fsp3) is 0.500. The van der Waals surface area contributed by atoms with Crippen molar-refractivity contribution in [2.45, 2.75) is 38.8 Å². The van der Waals surface area contributed by atoms with Crippen molar-refractivity contribution in [2.24, 2.45) is 0 Å². The van der Waals surface area contributed by atoms with Gasteiger partial charge in [0.15, 0.2) is 5.82 Å². The molecule has 0 atom stereocenters. The third-order valence-electron chi connectivity index (χ3n) is 5.00. The van der Waals surface area contributed by atoms with Gasteiger partial charge in [-0.2, -0.15) is 10.1 Å². The minimum Gasteiger partial charge on any atom is -0.481 e. The minimum absolute atomic E-state index is 0.394. The predicted molar refractivity (Wildman–Crippen MR) is 99.8 cm³/mol.